The zero-order valence-electron chi connectivity index (χ0n) is 9.86. The summed E-state index contributed by atoms with van der Waals surface area (Å²) in [6.07, 6.45) is 3.90. The minimum Gasteiger partial charge on any atom is -0.367 e. The minimum atomic E-state index is -0.395. The van der Waals surface area contributed by atoms with Crippen molar-refractivity contribution in [2.24, 2.45) is 0 Å². The number of rotatable bonds is 3. The molecule has 16 heavy (non-hydrogen) atoms. The Balaban J connectivity index is 2.13. The van der Waals surface area contributed by atoms with Gasteiger partial charge in [-0.2, -0.15) is 4.39 Å². The smallest absolute Gasteiger partial charge is 0.214 e. The third-order valence-corrected chi connectivity index (χ3v) is 2.99. The predicted octanol–water partition coefficient (Wildman–Crippen LogP) is 1.75. The molecule has 0 aliphatic carbocycles. The van der Waals surface area contributed by atoms with Crippen LogP contribution in [0.2, 0.25) is 0 Å². The van der Waals surface area contributed by atoms with Crippen LogP contribution in [0, 0.1) is 5.95 Å². The molecule has 0 saturated carbocycles. The maximum absolute atomic E-state index is 13.1. The van der Waals surface area contributed by atoms with Crippen molar-refractivity contribution in [3.05, 3.63) is 24.3 Å². The second-order valence-corrected chi connectivity index (χ2v) is 4.59. The monoisotopic (exact) mass is 223 g/mol. The molecule has 1 unspecified atom stereocenters. The molecule has 4 heteroatoms. The fraction of sp³-hybridized carbons (Fsp3) is 0.583. The molecule has 0 aromatic carbocycles. The average Bonchev–Trinajstić information content (AvgIpc) is 2.65. The molecular weight excluding hydrogens is 205 g/mol. The summed E-state index contributed by atoms with van der Waals surface area (Å²) in [5.74, 6) is -0.395. The number of anilines is 1. The van der Waals surface area contributed by atoms with Crippen LogP contribution in [0.3, 0.4) is 0 Å². The van der Waals surface area contributed by atoms with E-state index in [0.29, 0.717) is 6.04 Å². The summed E-state index contributed by atoms with van der Waals surface area (Å²) >= 11 is 0. The van der Waals surface area contributed by atoms with Gasteiger partial charge >= 0.3 is 0 Å². The third-order valence-electron chi connectivity index (χ3n) is 2.99. The summed E-state index contributed by atoms with van der Waals surface area (Å²) in [5.41, 5.74) is 0.955. The lowest BCUT2D eigenvalue weighted by Gasteiger charge is -2.28. The zero-order chi connectivity index (χ0) is 11.5. The molecule has 0 amide bonds. The summed E-state index contributed by atoms with van der Waals surface area (Å²) in [4.78, 5) is 8.06. The Kier molecular flexibility index (Phi) is 3.39. The van der Waals surface area contributed by atoms with Crippen LogP contribution < -0.4 is 4.90 Å². The topological polar surface area (TPSA) is 19.4 Å². The maximum atomic E-state index is 13.1. The van der Waals surface area contributed by atoms with Crippen LogP contribution in [0.4, 0.5) is 10.1 Å². The van der Waals surface area contributed by atoms with Crippen molar-refractivity contribution in [1.82, 2.24) is 9.88 Å². The Morgan fingerprint density at radius 2 is 2.38 bits per heavy atom. The molecule has 1 aliphatic rings. The van der Waals surface area contributed by atoms with Crippen LogP contribution in [0.5, 0.6) is 0 Å². The maximum Gasteiger partial charge on any atom is 0.214 e. The van der Waals surface area contributed by atoms with Gasteiger partial charge in [0.2, 0.25) is 5.95 Å². The third kappa shape index (κ3) is 2.50. The Hall–Kier alpha value is -1.16. The van der Waals surface area contributed by atoms with Crippen molar-refractivity contribution in [3.63, 3.8) is 0 Å². The van der Waals surface area contributed by atoms with Gasteiger partial charge in [-0.25, -0.2) is 4.98 Å². The molecule has 1 fully saturated rings. The first-order valence-corrected chi connectivity index (χ1v) is 5.70. The molecule has 1 aliphatic heterocycles. The van der Waals surface area contributed by atoms with Crippen molar-refractivity contribution in [3.8, 4) is 0 Å². The van der Waals surface area contributed by atoms with Gasteiger partial charge in [0.05, 0.1) is 0 Å². The van der Waals surface area contributed by atoms with Gasteiger partial charge in [-0.15, -0.1) is 0 Å². The number of likely N-dealkylation sites (N-methyl/N-ethyl adjacent to an activating group) is 1. The number of hydrogen-bond acceptors (Lipinski definition) is 3. The van der Waals surface area contributed by atoms with Gasteiger partial charge in [0, 0.05) is 37.1 Å². The van der Waals surface area contributed by atoms with Crippen molar-refractivity contribution in [2.75, 3.05) is 32.1 Å². The Bertz CT molecular complexity index is 354. The Labute approximate surface area is 95.9 Å². The van der Waals surface area contributed by atoms with E-state index in [4.69, 9.17) is 0 Å². The van der Waals surface area contributed by atoms with Gasteiger partial charge in [-0.3, -0.25) is 0 Å². The normalized spacial score (nSPS) is 20.8. The minimum absolute atomic E-state index is 0.395. The molecule has 2 rings (SSSR count). The van der Waals surface area contributed by atoms with Gasteiger partial charge in [0.15, 0.2) is 0 Å². The molecule has 0 bridgehead atoms. The number of aromatic nitrogens is 1. The molecule has 2 heterocycles. The lowest BCUT2D eigenvalue weighted by molar-refractivity contribution is 0.372. The quantitative estimate of drug-likeness (QED) is 0.728. The number of nitrogens with zero attached hydrogens (tertiary/aromatic N) is 3. The largest absolute Gasteiger partial charge is 0.367 e. The molecule has 3 nitrogen and oxygen atoms in total. The van der Waals surface area contributed by atoms with Crippen LogP contribution in [0.25, 0.3) is 0 Å². The lowest BCUT2D eigenvalue weighted by Crippen LogP contribution is -2.37. The van der Waals surface area contributed by atoms with Crippen LogP contribution in [0.15, 0.2) is 18.3 Å². The molecule has 0 spiro atoms. The van der Waals surface area contributed by atoms with Crippen molar-refractivity contribution in [1.29, 1.82) is 0 Å². The highest BCUT2D eigenvalue weighted by molar-refractivity contribution is 5.47. The molecule has 1 saturated heterocycles. The molecule has 1 aromatic rings. The Morgan fingerprint density at radius 1 is 1.56 bits per heavy atom. The highest BCUT2D eigenvalue weighted by Crippen LogP contribution is 2.25. The van der Waals surface area contributed by atoms with Crippen molar-refractivity contribution >= 4 is 5.69 Å². The first kappa shape index (κ1) is 11.3. The first-order valence-electron chi connectivity index (χ1n) is 5.70. The average molecular weight is 223 g/mol. The van der Waals surface area contributed by atoms with Crippen LogP contribution >= 0.6 is 0 Å². The van der Waals surface area contributed by atoms with Crippen LogP contribution in [-0.4, -0.2) is 43.1 Å². The van der Waals surface area contributed by atoms with E-state index in [0.717, 1.165) is 18.8 Å². The fourth-order valence-electron chi connectivity index (χ4n) is 2.36. The zero-order valence-corrected chi connectivity index (χ0v) is 9.86. The van der Waals surface area contributed by atoms with E-state index in [2.05, 4.69) is 28.9 Å². The summed E-state index contributed by atoms with van der Waals surface area (Å²) in [5, 5.41) is 0. The van der Waals surface area contributed by atoms with Crippen molar-refractivity contribution < 1.29 is 4.39 Å². The standard InChI is InChI=1S/C12H18FN3/c1-15(2)9-11-4-3-7-16(11)10-5-6-14-12(13)8-10/h5-6,8,11H,3-4,7,9H2,1-2H3. The lowest BCUT2D eigenvalue weighted by atomic mass is 10.2. The summed E-state index contributed by atoms with van der Waals surface area (Å²) in [6.45, 7) is 2.03. The highest BCUT2D eigenvalue weighted by Gasteiger charge is 2.25. The molecule has 0 radical (unpaired) electrons. The number of hydrogen-bond donors (Lipinski definition) is 0. The highest BCUT2D eigenvalue weighted by atomic mass is 19.1. The predicted molar refractivity (Wildman–Crippen MR) is 63.1 cm³/mol. The van der Waals surface area contributed by atoms with Gasteiger partial charge < -0.3 is 9.80 Å². The van der Waals surface area contributed by atoms with E-state index in [1.165, 1.54) is 25.1 Å². The Morgan fingerprint density at radius 3 is 3.06 bits per heavy atom. The molecule has 0 N–H and O–H groups in total. The van der Waals surface area contributed by atoms with Gasteiger partial charge in [-0.05, 0) is 33.0 Å². The summed E-state index contributed by atoms with van der Waals surface area (Å²) in [6, 6.07) is 3.90. The van der Waals surface area contributed by atoms with E-state index in [9.17, 15) is 4.39 Å². The van der Waals surface area contributed by atoms with E-state index >= 15 is 0 Å². The number of pyridine rings is 1. The number of halogens is 1. The van der Waals surface area contributed by atoms with Crippen LogP contribution in [0.1, 0.15) is 12.8 Å². The van der Waals surface area contributed by atoms with E-state index in [1.807, 2.05) is 6.07 Å². The van der Waals surface area contributed by atoms with E-state index in [-0.39, 0.29) is 0 Å². The molecule has 1 aromatic heterocycles. The second-order valence-electron chi connectivity index (χ2n) is 4.59. The van der Waals surface area contributed by atoms with Crippen molar-refractivity contribution in [2.45, 2.75) is 18.9 Å². The second kappa shape index (κ2) is 4.78. The fourth-order valence-corrected chi connectivity index (χ4v) is 2.36. The summed E-state index contributed by atoms with van der Waals surface area (Å²) < 4.78 is 13.1. The van der Waals surface area contributed by atoms with Gasteiger partial charge in [-0.1, -0.05) is 0 Å². The molecule has 88 valence electrons. The summed E-state index contributed by atoms with van der Waals surface area (Å²) in [7, 11) is 4.15. The van der Waals surface area contributed by atoms with Gasteiger partial charge in [0.25, 0.3) is 0 Å². The molecular formula is C12H18FN3. The molecule has 1 atom stereocenters. The first-order chi connectivity index (χ1) is 7.66. The van der Waals surface area contributed by atoms with E-state index < -0.39 is 5.95 Å². The van der Waals surface area contributed by atoms with Crippen LogP contribution in [-0.2, 0) is 0 Å². The van der Waals surface area contributed by atoms with E-state index in [1.54, 1.807) is 0 Å². The SMILES string of the molecule is CN(C)CC1CCCN1c1ccnc(F)c1. The van der Waals surface area contributed by atoms with Gasteiger partial charge in [0.1, 0.15) is 0 Å².